The van der Waals surface area contributed by atoms with Crippen molar-refractivity contribution in [2.45, 2.75) is 45.2 Å². The summed E-state index contributed by atoms with van der Waals surface area (Å²) in [6.45, 7) is 5.24. The molecule has 0 bridgehead atoms. The van der Waals surface area contributed by atoms with Gasteiger partial charge in [0, 0.05) is 4.47 Å². The number of carboxylic acids is 1. The van der Waals surface area contributed by atoms with E-state index in [1.54, 1.807) is 0 Å². The molecule has 2 atom stereocenters. The molecule has 0 spiro atoms. The maximum atomic E-state index is 12.0. The third-order valence-electron chi connectivity index (χ3n) is 3.33. The molecule has 5 nitrogen and oxygen atoms in total. The molecule has 1 aromatic carbocycles. The van der Waals surface area contributed by atoms with Gasteiger partial charge in [0.2, 0.25) is 0 Å². The van der Waals surface area contributed by atoms with Crippen LogP contribution in [0.1, 0.15) is 45.2 Å². The van der Waals surface area contributed by atoms with Gasteiger partial charge in [-0.3, -0.25) is 0 Å². The summed E-state index contributed by atoms with van der Waals surface area (Å²) in [5.74, 6) is -1.03. The van der Waals surface area contributed by atoms with E-state index in [4.69, 9.17) is 0 Å². The number of carbonyl (C=O) groups is 2. The topological polar surface area (TPSA) is 78.4 Å². The number of nitrogens with one attached hydrogen (secondary N) is 2. The minimum absolute atomic E-state index is 0.210. The van der Waals surface area contributed by atoms with Crippen LogP contribution in [0.2, 0.25) is 0 Å². The first-order valence-corrected chi connectivity index (χ1v) is 7.65. The Balaban J connectivity index is 2.67. The van der Waals surface area contributed by atoms with Crippen LogP contribution in [-0.2, 0) is 4.79 Å². The van der Waals surface area contributed by atoms with Crippen molar-refractivity contribution in [3.63, 3.8) is 0 Å². The van der Waals surface area contributed by atoms with Gasteiger partial charge in [-0.1, -0.05) is 41.4 Å². The fraction of sp³-hybridized carbons (Fsp3) is 0.467. The van der Waals surface area contributed by atoms with Crippen molar-refractivity contribution >= 4 is 27.9 Å². The number of rotatable bonds is 6. The van der Waals surface area contributed by atoms with Crippen LogP contribution >= 0.6 is 15.9 Å². The lowest BCUT2D eigenvalue weighted by Gasteiger charge is -2.27. The van der Waals surface area contributed by atoms with Gasteiger partial charge in [-0.25, -0.2) is 9.59 Å². The molecule has 116 valence electrons. The van der Waals surface area contributed by atoms with Gasteiger partial charge >= 0.3 is 12.0 Å². The summed E-state index contributed by atoms with van der Waals surface area (Å²) >= 11 is 3.35. The Kier molecular flexibility index (Phi) is 6.20. The molecule has 0 aliphatic heterocycles. The van der Waals surface area contributed by atoms with E-state index in [0.717, 1.165) is 10.0 Å². The van der Waals surface area contributed by atoms with Gasteiger partial charge in [-0.15, -0.1) is 0 Å². The van der Waals surface area contributed by atoms with Crippen molar-refractivity contribution in [2.75, 3.05) is 0 Å². The Hall–Kier alpha value is -1.56. The second-order valence-electron chi connectivity index (χ2n) is 5.26. The number of urea groups is 1. The van der Waals surface area contributed by atoms with Crippen molar-refractivity contribution < 1.29 is 14.7 Å². The van der Waals surface area contributed by atoms with Crippen molar-refractivity contribution in [1.29, 1.82) is 0 Å². The quantitative estimate of drug-likeness (QED) is 0.730. The molecule has 3 N–H and O–H groups in total. The number of amides is 2. The van der Waals surface area contributed by atoms with Gasteiger partial charge in [0.1, 0.15) is 5.54 Å². The number of hydrogen-bond acceptors (Lipinski definition) is 2. The van der Waals surface area contributed by atoms with Gasteiger partial charge in [-0.2, -0.15) is 0 Å². The summed E-state index contributed by atoms with van der Waals surface area (Å²) in [5, 5.41) is 14.5. The van der Waals surface area contributed by atoms with Crippen LogP contribution in [0.5, 0.6) is 0 Å². The highest BCUT2D eigenvalue weighted by atomic mass is 79.9. The van der Waals surface area contributed by atoms with Crippen LogP contribution in [-0.4, -0.2) is 22.6 Å². The summed E-state index contributed by atoms with van der Waals surface area (Å²) < 4.78 is 0.962. The summed E-state index contributed by atoms with van der Waals surface area (Å²) in [4.78, 5) is 23.3. The number of hydrogen-bond donors (Lipinski definition) is 3. The van der Waals surface area contributed by atoms with Crippen LogP contribution in [0.25, 0.3) is 0 Å². The van der Waals surface area contributed by atoms with E-state index >= 15 is 0 Å². The molecule has 1 aromatic rings. The Labute approximate surface area is 133 Å². The highest BCUT2D eigenvalue weighted by Gasteiger charge is 2.34. The summed E-state index contributed by atoms with van der Waals surface area (Å²) in [7, 11) is 0. The minimum Gasteiger partial charge on any atom is -0.480 e. The molecule has 1 rings (SSSR count). The summed E-state index contributed by atoms with van der Waals surface area (Å²) in [6, 6.07) is 6.89. The standard InChI is InChI=1S/C15H21BrN2O3/c1-4-9-15(3,13(19)20)18-14(21)17-10(2)11-5-7-12(16)8-6-11/h5-8,10H,4,9H2,1-3H3,(H,19,20)(H2,17,18,21). The monoisotopic (exact) mass is 356 g/mol. The second-order valence-corrected chi connectivity index (χ2v) is 6.17. The van der Waals surface area contributed by atoms with E-state index in [2.05, 4.69) is 26.6 Å². The predicted molar refractivity (Wildman–Crippen MR) is 85.2 cm³/mol. The highest BCUT2D eigenvalue weighted by Crippen LogP contribution is 2.17. The number of halogens is 1. The summed E-state index contributed by atoms with van der Waals surface area (Å²) in [5.41, 5.74) is -0.306. The van der Waals surface area contributed by atoms with Crippen molar-refractivity contribution in [1.82, 2.24) is 10.6 Å². The molecule has 0 heterocycles. The number of carboxylic acid groups (broad SMARTS) is 1. The van der Waals surface area contributed by atoms with Crippen molar-refractivity contribution in [3.05, 3.63) is 34.3 Å². The second kappa shape index (κ2) is 7.45. The smallest absolute Gasteiger partial charge is 0.329 e. The maximum absolute atomic E-state index is 12.0. The molecular formula is C15H21BrN2O3. The Morgan fingerprint density at radius 2 is 1.90 bits per heavy atom. The van der Waals surface area contributed by atoms with Crippen LogP contribution in [0.15, 0.2) is 28.7 Å². The van der Waals surface area contributed by atoms with Gasteiger partial charge < -0.3 is 15.7 Å². The minimum atomic E-state index is -1.25. The SMILES string of the molecule is CCCC(C)(NC(=O)NC(C)c1ccc(Br)cc1)C(=O)O. The zero-order valence-electron chi connectivity index (χ0n) is 12.4. The van der Waals surface area contributed by atoms with Crippen LogP contribution < -0.4 is 10.6 Å². The maximum Gasteiger partial charge on any atom is 0.329 e. The van der Waals surface area contributed by atoms with Gasteiger partial charge in [0.15, 0.2) is 0 Å². The average Bonchev–Trinajstić information content (AvgIpc) is 2.39. The fourth-order valence-electron chi connectivity index (χ4n) is 2.04. The van der Waals surface area contributed by atoms with Crippen LogP contribution in [0, 0.1) is 0 Å². The largest absolute Gasteiger partial charge is 0.480 e. The molecule has 6 heteroatoms. The fourth-order valence-corrected chi connectivity index (χ4v) is 2.31. The van der Waals surface area contributed by atoms with Gasteiger partial charge in [0.25, 0.3) is 0 Å². The van der Waals surface area contributed by atoms with E-state index in [1.807, 2.05) is 38.1 Å². The van der Waals surface area contributed by atoms with E-state index in [1.165, 1.54) is 6.92 Å². The van der Waals surface area contributed by atoms with E-state index in [0.29, 0.717) is 12.8 Å². The van der Waals surface area contributed by atoms with E-state index in [-0.39, 0.29) is 6.04 Å². The van der Waals surface area contributed by atoms with Gasteiger partial charge in [0.05, 0.1) is 6.04 Å². The normalized spacial score (nSPS) is 14.9. The molecule has 21 heavy (non-hydrogen) atoms. The molecule has 2 amide bonds. The van der Waals surface area contributed by atoms with Crippen molar-refractivity contribution in [2.24, 2.45) is 0 Å². The molecule has 0 saturated heterocycles. The first-order valence-electron chi connectivity index (χ1n) is 6.86. The molecule has 0 aliphatic rings. The highest BCUT2D eigenvalue weighted by molar-refractivity contribution is 9.10. The molecular weight excluding hydrogens is 336 g/mol. The molecule has 0 aromatic heterocycles. The lowest BCUT2D eigenvalue weighted by atomic mass is 9.96. The van der Waals surface area contributed by atoms with Gasteiger partial charge in [-0.05, 0) is 38.0 Å². The third kappa shape index (κ3) is 5.04. The zero-order chi connectivity index (χ0) is 16.0. The average molecular weight is 357 g/mol. The lowest BCUT2D eigenvalue weighted by molar-refractivity contribution is -0.144. The van der Waals surface area contributed by atoms with E-state index < -0.39 is 17.5 Å². The third-order valence-corrected chi connectivity index (χ3v) is 3.86. The Morgan fingerprint density at radius 3 is 2.38 bits per heavy atom. The number of benzene rings is 1. The molecule has 2 unspecified atom stereocenters. The first kappa shape index (κ1) is 17.5. The van der Waals surface area contributed by atoms with E-state index in [9.17, 15) is 14.7 Å². The number of carbonyl (C=O) groups excluding carboxylic acids is 1. The Bertz CT molecular complexity index is 504. The lowest BCUT2D eigenvalue weighted by Crippen LogP contribution is -2.55. The first-order chi connectivity index (χ1) is 9.78. The van der Waals surface area contributed by atoms with Crippen molar-refractivity contribution in [3.8, 4) is 0 Å². The van der Waals surface area contributed by atoms with Crippen LogP contribution in [0.3, 0.4) is 0 Å². The zero-order valence-corrected chi connectivity index (χ0v) is 14.0. The number of aliphatic carboxylic acids is 1. The molecule has 0 saturated carbocycles. The molecule has 0 fully saturated rings. The van der Waals surface area contributed by atoms with Crippen LogP contribution in [0.4, 0.5) is 4.79 Å². The molecule has 0 radical (unpaired) electrons. The molecule has 0 aliphatic carbocycles. The predicted octanol–water partition coefficient (Wildman–Crippen LogP) is 3.45. The summed E-state index contributed by atoms with van der Waals surface area (Å²) in [6.07, 6.45) is 1.05. The Morgan fingerprint density at radius 1 is 1.33 bits per heavy atom.